The zero-order valence-electron chi connectivity index (χ0n) is 3.94. The van der Waals surface area contributed by atoms with Crippen LogP contribution >= 0.6 is 0 Å². The predicted molar refractivity (Wildman–Crippen MR) is 26.7 cm³/mol. The zero-order valence-corrected chi connectivity index (χ0v) is 3.94. The van der Waals surface area contributed by atoms with Crippen molar-refractivity contribution in [2.75, 3.05) is 0 Å². The molecule has 1 rings (SSSR count). The van der Waals surface area contributed by atoms with E-state index in [0.29, 0.717) is 0 Å². The minimum Gasteiger partial charge on any atom is -0.313 e. The predicted octanol–water partition coefficient (Wildman–Crippen LogP) is -0.618. The largest absolute Gasteiger partial charge is 0.313 e. The van der Waals surface area contributed by atoms with Crippen LogP contribution in [-0.4, -0.2) is 17.4 Å². The molecule has 0 saturated heterocycles. The molecule has 5 heteroatoms. The topological polar surface area (TPSA) is 67.5 Å². The molecule has 0 amide bonds. The van der Waals surface area contributed by atoms with Gasteiger partial charge in [-0.15, -0.1) is 0 Å². The molecule has 0 aromatic carbocycles. The SMILES string of the molecule is O=[N+]([O-])C1[CH]N=CN1. The normalized spacial score (nSPS) is 25.2. The molecule has 1 heterocycles. The summed E-state index contributed by atoms with van der Waals surface area (Å²) in [6.45, 7) is 1.24. The van der Waals surface area contributed by atoms with Gasteiger partial charge in [-0.1, -0.05) is 0 Å². The molecule has 0 bridgehead atoms. The Morgan fingerprint density at radius 1 is 1.88 bits per heavy atom. The van der Waals surface area contributed by atoms with E-state index >= 15 is 0 Å². The fourth-order valence-electron chi connectivity index (χ4n) is 0.402. The number of nitrogens with zero attached hydrogens (tertiary/aromatic N) is 2. The highest BCUT2D eigenvalue weighted by Gasteiger charge is 2.20. The highest BCUT2D eigenvalue weighted by atomic mass is 16.6. The molecule has 0 aromatic heterocycles. The van der Waals surface area contributed by atoms with Crippen LogP contribution in [0.4, 0.5) is 0 Å². The first-order valence-corrected chi connectivity index (χ1v) is 2.05. The maximum atomic E-state index is 9.83. The summed E-state index contributed by atoms with van der Waals surface area (Å²) in [5.74, 6) is 0. The van der Waals surface area contributed by atoms with Crippen LogP contribution in [0.5, 0.6) is 0 Å². The second-order valence-corrected chi connectivity index (χ2v) is 1.32. The van der Waals surface area contributed by atoms with Crippen molar-refractivity contribution in [3.05, 3.63) is 16.7 Å². The van der Waals surface area contributed by atoms with Crippen LogP contribution < -0.4 is 5.32 Å². The maximum absolute atomic E-state index is 9.83. The fourth-order valence-corrected chi connectivity index (χ4v) is 0.402. The third-order valence-electron chi connectivity index (χ3n) is 0.774. The van der Waals surface area contributed by atoms with Crippen molar-refractivity contribution < 1.29 is 4.92 Å². The molecule has 1 N–H and O–H groups in total. The van der Waals surface area contributed by atoms with E-state index in [-0.39, 0.29) is 0 Å². The van der Waals surface area contributed by atoms with Crippen LogP contribution in [0.1, 0.15) is 0 Å². The Balaban J connectivity index is 2.41. The highest BCUT2D eigenvalue weighted by molar-refractivity contribution is 5.58. The van der Waals surface area contributed by atoms with Gasteiger partial charge >= 0.3 is 6.17 Å². The van der Waals surface area contributed by atoms with Gasteiger partial charge in [-0.25, -0.2) is 0 Å². The van der Waals surface area contributed by atoms with Gasteiger partial charge < -0.3 is 5.32 Å². The van der Waals surface area contributed by atoms with E-state index < -0.39 is 11.1 Å². The van der Waals surface area contributed by atoms with E-state index in [4.69, 9.17) is 0 Å². The van der Waals surface area contributed by atoms with Crippen molar-refractivity contribution in [3.8, 4) is 0 Å². The lowest BCUT2D eigenvalue weighted by atomic mass is 10.5. The molecule has 0 spiro atoms. The molecule has 43 valence electrons. The Bertz CT molecular complexity index is 124. The first-order chi connectivity index (χ1) is 3.80. The molecule has 0 fully saturated rings. The third kappa shape index (κ3) is 0.749. The van der Waals surface area contributed by atoms with Crippen molar-refractivity contribution in [2.24, 2.45) is 4.99 Å². The standard InChI is InChI=1S/C3H4N3O2/c7-6(8)3-1-4-2-5-3/h1-3H,(H,4,5). The molecule has 0 saturated carbocycles. The second-order valence-electron chi connectivity index (χ2n) is 1.32. The van der Waals surface area contributed by atoms with Crippen molar-refractivity contribution in [3.63, 3.8) is 0 Å². The Labute approximate surface area is 45.6 Å². The Hall–Kier alpha value is -1.13. The maximum Gasteiger partial charge on any atom is 0.310 e. The van der Waals surface area contributed by atoms with Gasteiger partial charge in [0.25, 0.3) is 0 Å². The molecule has 0 aliphatic carbocycles. The third-order valence-corrected chi connectivity index (χ3v) is 0.774. The molecule has 1 aliphatic heterocycles. The van der Waals surface area contributed by atoms with E-state index in [2.05, 4.69) is 10.3 Å². The van der Waals surface area contributed by atoms with Crippen LogP contribution in [0.15, 0.2) is 4.99 Å². The molecule has 1 radical (unpaired) electrons. The van der Waals surface area contributed by atoms with Crippen molar-refractivity contribution in [1.29, 1.82) is 0 Å². The first kappa shape index (κ1) is 5.02. The lowest BCUT2D eigenvalue weighted by Crippen LogP contribution is -2.30. The number of hydrogen-bond donors (Lipinski definition) is 1. The second kappa shape index (κ2) is 1.77. The van der Waals surface area contributed by atoms with Crippen molar-refractivity contribution in [2.45, 2.75) is 6.17 Å². The molecular formula is C3H4N3O2. The summed E-state index contributed by atoms with van der Waals surface area (Å²) in [5, 5.41) is 12.2. The van der Waals surface area contributed by atoms with Crippen LogP contribution in [0.2, 0.25) is 0 Å². The Morgan fingerprint density at radius 3 is 2.88 bits per heavy atom. The number of aliphatic imine (C=N–C) groups is 1. The van der Waals surface area contributed by atoms with Crippen molar-refractivity contribution >= 4 is 6.34 Å². The van der Waals surface area contributed by atoms with E-state index in [9.17, 15) is 10.1 Å². The van der Waals surface area contributed by atoms with Crippen LogP contribution in [0.25, 0.3) is 0 Å². The summed E-state index contributed by atoms with van der Waals surface area (Å²) < 4.78 is 0. The number of nitrogens with one attached hydrogen (secondary N) is 1. The summed E-state index contributed by atoms with van der Waals surface area (Å²) in [6.07, 6.45) is 0.489. The lowest BCUT2D eigenvalue weighted by Gasteiger charge is -1.95. The van der Waals surface area contributed by atoms with Crippen LogP contribution in [0.3, 0.4) is 0 Å². The van der Waals surface area contributed by atoms with Gasteiger partial charge in [0.1, 0.15) is 0 Å². The summed E-state index contributed by atoms with van der Waals surface area (Å²) >= 11 is 0. The number of hydrogen-bond acceptors (Lipinski definition) is 4. The number of rotatable bonds is 1. The lowest BCUT2D eigenvalue weighted by molar-refractivity contribution is -0.515. The quantitative estimate of drug-likeness (QED) is 0.365. The molecule has 8 heavy (non-hydrogen) atoms. The van der Waals surface area contributed by atoms with Gasteiger partial charge in [0, 0.05) is 4.92 Å². The van der Waals surface area contributed by atoms with Gasteiger partial charge in [0.05, 0.1) is 6.34 Å². The van der Waals surface area contributed by atoms with E-state index in [1.807, 2.05) is 0 Å². The molecule has 0 aromatic rings. The Kier molecular flexibility index (Phi) is 1.11. The zero-order chi connectivity index (χ0) is 5.98. The average Bonchev–Trinajstić information content (AvgIpc) is 2.12. The van der Waals surface area contributed by atoms with Gasteiger partial charge in [0.15, 0.2) is 6.54 Å². The fraction of sp³-hybridized carbons (Fsp3) is 0.333. The van der Waals surface area contributed by atoms with Gasteiger partial charge in [-0.05, 0) is 0 Å². The summed E-state index contributed by atoms with van der Waals surface area (Å²) in [5.41, 5.74) is 0. The van der Waals surface area contributed by atoms with Crippen LogP contribution in [0, 0.1) is 16.7 Å². The van der Waals surface area contributed by atoms with Crippen LogP contribution in [-0.2, 0) is 0 Å². The first-order valence-electron chi connectivity index (χ1n) is 2.05. The summed E-state index contributed by atoms with van der Waals surface area (Å²) in [6, 6.07) is 0. The molecule has 1 unspecified atom stereocenters. The minimum absolute atomic E-state index is 0.451. The molecular weight excluding hydrogens is 110 g/mol. The summed E-state index contributed by atoms with van der Waals surface area (Å²) in [4.78, 5) is 12.9. The molecule has 1 aliphatic rings. The average molecular weight is 114 g/mol. The highest BCUT2D eigenvalue weighted by Crippen LogP contribution is 1.95. The monoisotopic (exact) mass is 114 g/mol. The van der Waals surface area contributed by atoms with E-state index in [1.165, 1.54) is 12.9 Å². The molecule has 5 nitrogen and oxygen atoms in total. The van der Waals surface area contributed by atoms with Crippen molar-refractivity contribution in [1.82, 2.24) is 5.32 Å². The summed E-state index contributed by atoms with van der Waals surface area (Å²) in [7, 11) is 0. The van der Waals surface area contributed by atoms with E-state index in [0.717, 1.165) is 0 Å². The molecule has 1 atom stereocenters. The minimum atomic E-state index is -0.810. The number of nitro groups is 1. The van der Waals surface area contributed by atoms with Gasteiger partial charge in [0.2, 0.25) is 0 Å². The van der Waals surface area contributed by atoms with E-state index in [1.54, 1.807) is 0 Å². The smallest absolute Gasteiger partial charge is 0.310 e. The van der Waals surface area contributed by atoms with Gasteiger partial charge in [-0.3, -0.25) is 15.1 Å². The van der Waals surface area contributed by atoms with Gasteiger partial charge in [-0.2, -0.15) is 0 Å². The Morgan fingerprint density at radius 2 is 2.62 bits per heavy atom.